The van der Waals surface area contributed by atoms with E-state index in [1.54, 1.807) is 6.07 Å². The summed E-state index contributed by atoms with van der Waals surface area (Å²) < 4.78 is 0. The topological polar surface area (TPSA) is 75.3 Å². The van der Waals surface area contributed by atoms with E-state index in [0.29, 0.717) is 17.8 Å². The molecule has 1 rings (SSSR count). The number of carbonyl (C=O) groups excluding carboxylic acids is 3. The molecule has 1 heterocycles. The highest BCUT2D eigenvalue weighted by Crippen LogP contribution is 2.16. The molecule has 6 heteroatoms. The first-order valence-corrected chi connectivity index (χ1v) is 6.62. The Bertz CT molecular complexity index is 494. The van der Waals surface area contributed by atoms with Crippen molar-refractivity contribution in [2.75, 3.05) is 13.1 Å². The Balaban J connectivity index is 2.33. The molecule has 0 aliphatic heterocycles. The lowest BCUT2D eigenvalue weighted by Crippen LogP contribution is -2.40. The molecule has 0 saturated carbocycles. The molecular weight excluding hydrogens is 264 g/mol. The highest BCUT2D eigenvalue weighted by Gasteiger charge is 2.11. The summed E-state index contributed by atoms with van der Waals surface area (Å²) in [5, 5.41) is 4.90. The number of hydrogen-bond donors (Lipinski definition) is 2. The quantitative estimate of drug-likeness (QED) is 0.462. The van der Waals surface area contributed by atoms with E-state index in [2.05, 4.69) is 17.2 Å². The molecule has 0 aromatic carbocycles. The second kappa shape index (κ2) is 7.48. The summed E-state index contributed by atoms with van der Waals surface area (Å²) in [6.45, 7) is 5.58. The number of rotatable bonds is 6. The van der Waals surface area contributed by atoms with Crippen LogP contribution in [0.5, 0.6) is 0 Å². The fourth-order valence-corrected chi connectivity index (χ4v) is 2.23. The smallest absolute Gasteiger partial charge is 0.309 e. The van der Waals surface area contributed by atoms with Crippen molar-refractivity contribution in [1.29, 1.82) is 0 Å². The Morgan fingerprint density at radius 3 is 2.53 bits per heavy atom. The van der Waals surface area contributed by atoms with Crippen LogP contribution in [0.1, 0.15) is 21.5 Å². The monoisotopic (exact) mass is 280 g/mol. The lowest BCUT2D eigenvalue weighted by molar-refractivity contribution is -0.139. The summed E-state index contributed by atoms with van der Waals surface area (Å²) in [7, 11) is 0. The predicted octanol–water partition coefficient (Wildman–Crippen LogP) is 0.912. The van der Waals surface area contributed by atoms with E-state index in [0.717, 1.165) is 4.88 Å². The Morgan fingerprint density at radius 2 is 1.95 bits per heavy atom. The van der Waals surface area contributed by atoms with Crippen molar-refractivity contribution in [2.45, 2.75) is 13.3 Å². The van der Waals surface area contributed by atoms with E-state index in [1.807, 2.05) is 6.07 Å². The SMILES string of the molecule is C=CCNC(=O)C(=O)NCCc1ccc(C(C)=O)s1. The minimum Gasteiger partial charge on any atom is -0.347 e. The Morgan fingerprint density at radius 1 is 1.26 bits per heavy atom. The minimum absolute atomic E-state index is 0.0316. The highest BCUT2D eigenvalue weighted by molar-refractivity contribution is 7.14. The second-order valence-electron chi connectivity index (χ2n) is 3.83. The van der Waals surface area contributed by atoms with Crippen LogP contribution in [-0.2, 0) is 16.0 Å². The van der Waals surface area contributed by atoms with Gasteiger partial charge in [-0.15, -0.1) is 17.9 Å². The van der Waals surface area contributed by atoms with Gasteiger partial charge >= 0.3 is 11.8 Å². The summed E-state index contributed by atoms with van der Waals surface area (Å²) >= 11 is 1.40. The molecule has 0 saturated heterocycles. The molecule has 2 N–H and O–H groups in total. The van der Waals surface area contributed by atoms with E-state index < -0.39 is 11.8 Å². The van der Waals surface area contributed by atoms with Crippen LogP contribution in [-0.4, -0.2) is 30.7 Å². The van der Waals surface area contributed by atoms with Gasteiger partial charge in [0, 0.05) is 18.0 Å². The lowest BCUT2D eigenvalue weighted by Gasteiger charge is -2.03. The van der Waals surface area contributed by atoms with Gasteiger partial charge in [0.2, 0.25) is 0 Å². The van der Waals surface area contributed by atoms with Gasteiger partial charge in [-0.1, -0.05) is 6.08 Å². The maximum atomic E-state index is 11.3. The summed E-state index contributed by atoms with van der Waals surface area (Å²) in [5.74, 6) is -1.30. The van der Waals surface area contributed by atoms with E-state index in [1.165, 1.54) is 24.3 Å². The van der Waals surface area contributed by atoms with Gasteiger partial charge in [0.05, 0.1) is 4.88 Å². The number of Topliss-reactive ketones (excluding diaryl/α,β-unsaturated/α-hetero) is 1. The van der Waals surface area contributed by atoms with Crippen LogP contribution < -0.4 is 10.6 Å². The van der Waals surface area contributed by atoms with Crippen LogP contribution in [0, 0.1) is 0 Å². The molecule has 0 atom stereocenters. The van der Waals surface area contributed by atoms with Crippen LogP contribution in [0.25, 0.3) is 0 Å². The Labute approximate surface area is 115 Å². The first-order valence-electron chi connectivity index (χ1n) is 5.81. The third-order valence-electron chi connectivity index (χ3n) is 2.28. The van der Waals surface area contributed by atoms with E-state index in [4.69, 9.17) is 0 Å². The molecule has 1 aromatic heterocycles. The van der Waals surface area contributed by atoms with Crippen LogP contribution in [0.15, 0.2) is 24.8 Å². The maximum absolute atomic E-state index is 11.3. The molecule has 0 aliphatic rings. The van der Waals surface area contributed by atoms with Crippen molar-refractivity contribution >= 4 is 28.9 Å². The van der Waals surface area contributed by atoms with Crippen molar-refractivity contribution in [3.8, 4) is 0 Å². The first-order chi connectivity index (χ1) is 9.04. The average Bonchev–Trinajstić information content (AvgIpc) is 2.84. The molecule has 0 spiro atoms. The fraction of sp³-hybridized carbons (Fsp3) is 0.308. The molecule has 102 valence electrons. The zero-order chi connectivity index (χ0) is 14.3. The first kappa shape index (κ1) is 15.1. The number of hydrogen-bond acceptors (Lipinski definition) is 4. The van der Waals surface area contributed by atoms with Gasteiger partial charge in [-0.05, 0) is 25.5 Å². The second-order valence-corrected chi connectivity index (χ2v) is 5.00. The fourth-order valence-electron chi connectivity index (χ4n) is 1.33. The number of nitrogens with one attached hydrogen (secondary N) is 2. The van der Waals surface area contributed by atoms with Gasteiger partial charge in [0.15, 0.2) is 5.78 Å². The van der Waals surface area contributed by atoms with Gasteiger partial charge in [0.1, 0.15) is 0 Å². The van der Waals surface area contributed by atoms with Gasteiger partial charge in [-0.25, -0.2) is 0 Å². The summed E-state index contributed by atoms with van der Waals surface area (Å²) in [5.41, 5.74) is 0. The average molecular weight is 280 g/mol. The van der Waals surface area contributed by atoms with Gasteiger partial charge in [0.25, 0.3) is 0 Å². The van der Waals surface area contributed by atoms with Gasteiger partial charge in [-0.2, -0.15) is 0 Å². The molecule has 0 unspecified atom stereocenters. The standard InChI is InChI=1S/C13H16N2O3S/c1-3-7-14-12(17)13(18)15-8-6-10-4-5-11(19-10)9(2)16/h3-5H,1,6-8H2,2H3,(H,14,17)(H,15,18). The van der Waals surface area contributed by atoms with Gasteiger partial charge < -0.3 is 10.6 Å². The molecular formula is C13H16N2O3S. The molecule has 0 fully saturated rings. The molecule has 0 radical (unpaired) electrons. The van der Waals surface area contributed by atoms with Gasteiger partial charge in [-0.3, -0.25) is 14.4 Å². The lowest BCUT2D eigenvalue weighted by atomic mass is 10.3. The molecule has 0 aliphatic carbocycles. The molecule has 0 bridgehead atoms. The van der Waals surface area contributed by atoms with E-state index in [9.17, 15) is 14.4 Å². The van der Waals surface area contributed by atoms with Crippen molar-refractivity contribution in [2.24, 2.45) is 0 Å². The predicted molar refractivity (Wildman–Crippen MR) is 74.2 cm³/mol. The van der Waals surface area contributed by atoms with Crippen LogP contribution in [0.3, 0.4) is 0 Å². The van der Waals surface area contributed by atoms with E-state index in [-0.39, 0.29) is 12.3 Å². The zero-order valence-corrected chi connectivity index (χ0v) is 11.5. The van der Waals surface area contributed by atoms with Crippen molar-refractivity contribution < 1.29 is 14.4 Å². The Hall–Kier alpha value is -1.95. The van der Waals surface area contributed by atoms with Crippen molar-refractivity contribution in [3.63, 3.8) is 0 Å². The summed E-state index contributed by atoms with van der Waals surface area (Å²) in [6, 6.07) is 3.62. The Kier molecular flexibility index (Phi) is 5.95. The van der Waals surface area contributed by atoms with Crippen molar-refractivity contribution in [3.05, 3.63) is 34.5 Å². The number of ketones is 1. The highest BCUT2D eigenvalue weighted by atomic mass is 32.1. The van der Waals surface area contributed by atoms with Crippen LogP contribution in [0.4, 0.5) is 0 Å². The third-order valence-corrected chi connectivity index (χ3v) is 3.52. The largest absolute Gasteiger partial charge is 0.347 e. The summed E-state index contributed by atoms with van der Waals surface area (Å²) in [4.78, 5) is 35.4. The number of carbonyl (C=O) groups is 3. The normalized spacial score (nSPS) is 9.74. The van der Waals surface area contributed by atoms with E-state index >= 15 is 0 Å². The van der Waals surface area contributed by atoms with Crippen molar-refractivity contribution in [1.82, 2.24) is 10.6 Å². The molecule has 19 heavy (non-hydrogen) atoms. The van der Waals surface area contributed by atoms with Crippen LogP contribution in [0.2, 0.25) is 0 Å². The zero-order valence-electron chi connectivity index (χ0n) is 10.7. The molecule has 2 amide bonds. The van der Waals surface area contributed by atoms with Crippen LogP contribution >= 0.6 is 11.3 Å². The number of thiophene rings is 1. The molecule has 5 nitrogen and oxygen atoms in total. The molecule has 1 aromatic rings. The minimum atomic E-state index is -0.671. The maximum Gasteiger partial charge on any atom is 0.309 e. The summed E-state index contributed by atoms with van der Waals surface area (Å²) in [6.07, 6.45) is 2.10. The number of amides is 2. The third kappa shape index (κ3) is 5.05.